The van der Waals surface area contributed by atoms with Gasteiger partial charge in [0.05, 0.1) is 0 Å². The Balaban J connectivity index is 3.38. The summed E-state index contributed by atoms with van der Waals surface area (Å²) in [6, 6.07) is 0. The van der Waals surface area contributed by atoms with E-state index in [-0.39, 0.29) is 18.0 Å². The summed E-state index contributed by atoms with van der Waals surface area (Å²) in [6.45, 7) is 2.13. The van der Waals surface area contributed by atoms with Gasteiger partial charge >= 0.3 is 0 Å². The molecule has 0 radical (unpaired) electrons. The molecule has 14 heavy (non-hydrogen) atoms. The molecule has 0 unspecified atom stereocenters. The average molecular weight is 194 g/mol. The zero-order chi connectivity index (χ0) is 10.8. The van der Waals surface area contributed by atoms with E-state index in [4.69, 9.17) is 6.42 Å². The van der Waals surface area contributed by atoms with E-state index in [1.54, 1.807) is 0 Å². The van der Waals surface area contributed by atoms with E-state index >= 15 is 0 Å². The Hall–Kier alpha value is -1.10. The fourth-order valence-electron chi connectivity index (χ4n) is 1.20. The van der Waals surface area contributed by atoms with Gasteiger partial charge in [-0.25, -0.2) is 0 Å². The standard InChI is InChI=1S/C12H18O2/c1-3-5-6-7-8-12(14)10-9-11(13)4-2/h2H,3,5-10H2,1H3. The SMILES string of the molecule is C#CC(=O)CCC(=O)CCCCCC. The van der Waals surface area contributed by atoms with E-state index in [9.17, 15) is 9.59 Å². The van der Waals surface area contributed by atoms with Crippen molar-refractivity contribution in [3.8, 4) is 12.3 Å². The fourth-order valence-corrected chi connectivity index (χ4v) is 1.20. The maximum atomic E-state index is 11.2. The zero-order valence-corrected chi connectivity index (χ0v) is 8.84. The van der Waals surface area contributed by atoms with Crippen LogP contribution in [0.5, 0.6) is 0 Å². The molecule has 0 aromatic heterocycles. The van der Waals surface area contributed by atoms with Crippen LogP contribution in [0.1, 0.15) is 51.9 Å². The van der Waals surface area contributed by atoms with E-state index in [1.807, 2.05) is 5.92 Å². The number of carbonyl (C=O) groups excluding carboxylic acids is 2. The highest BCUT2D eigenvalue weighted by molar-refractivity contribution is 5.97. The van der Waals surface area contributed by atoms with Gasteiger partial charge in [-0.05, 0) is 12.3 Å². The number of carbonyl (C=O) groups is 2. The third-order valence-corrected chi connectivity index (χ3v) is 2.10. The highest BCUT2D eigenvalue weighted by Crippen LogP contribution is 2.05. The molecule has 2 nitrogen and oxygen atoms in total. The van der Waals surface area contributed by atoms with E-state index in [0.29, 0.717) is 12.8 Å². The van der Waals surface area contributed by atoms with Crippen LogP contribution in [0.25, 0.3) is 0 Å². The molecule has 0 aromatic rings. The molecule has 0 amide bonds. The van der Waals surface area contributed by atoms with Crippen molar-refractivity contribution in [2.45, 2.75) is 51.9 Å². The van der Waals surface area contributed by atoms with Gasteiger partial charge in [-0.2, -0.15) is 0 Å². The third-order valence-electron chi connectivity index (χ3n) is 2.10. The molecule has 0 saturated carbocycles. The Bertz CT molecular complexity index is 223. The predicted molar refractivity (Wildman–Crippen MR) is 56.8 cm³/mol. The van der Waals surface area contributed by atoms with Gasteiger partial charge in [-0.3, -0.25) is 9.59 Å². The molecule has 0 N–H and O–H groups in total. The fraction of sp³-hybridized carbons (Fsp3) is 0.667. The van der Waals surface area contributed by atoms with Crippen molar-refractivity contribution in [2.24, 2.45) is 0 Å². The second kappa shape index (κ2) is 8.50. The van der Waals surface area contributed by atoms with Gasteiger partial charge in [0.2, 0.25) is 5.78 Å². The monoisotopic (exact) mass is 194 g/mol. The number of terminal acetylenes is 1. The predicted octanol–water partition coefficient (Wildman–Crippen LogP) is 2.51. The van der Waals surface area contributed by atoms with Crippen LogP contribution in [0.3, 0.4) is 0 Å². The number of Topliss-reactive ketones (excluding diaryl/α,β-unsaturated/α-hetero) is 2. The summed E-state index contributed by atoms with van der Waals surface area (Å²) >= 11 is 0. The lowest BCUT2D eigenvalue weighted by Crippen LogP contribution is -2.02. The van der Waals surface area contributed by atoms with Crippen LogP contribution in [-0.2, 0) is 9.59 Å². The van der Waals surface area contributed by atoms with Crippen LogP contribution in [0.15, 0.2) is 0 Å². The maximum Gasteiger partial charge on any atom is 0.205 e. The van der Waals surface area contributed by atoms with Crippen LogP contribution in [0, 0.1) is 12.3 Å². The molecule has 2 heteroatoms. The lowest BCUT2D eigenvalue weighted by molar-refractivity contribution is -0.122. The largest absolute Gasteiger partial charge is 0.300 e. The number of hydrogen-bond donors (Lipinski definition) is 0. The second-order valence-electron chi connectivity index (χ2n) is 3.42. The molecule has 0 aliphatic carbocycles. The summed E-state index contributed by atoms with van der Waals surface area (Å²) in [5, 5.41) is 0. The van der Waals surface area contributed by atoms with Gasteiger partial charge in [0, 0.05) is 19.3 Å². The first-order chi connectivity index (χ1) is 6.70. The molecule has 0 aliphatic rings. The van der Waals surface area contributed by atoms with Gasteiger partial charge < -0.3 is 0 Å². The van der Waals surface area contributed by atoms with E-state index in [1.165, 1.54) is 12.8 Å². The lowest BCUT2D eigenvalue weighted by atomic mass is 10.1. The Morgan fingerprint density at radius 3 is 2.36 bits per heavy atom. The van der Waals surface area contributed by atoms with Crippen molar-refractivity contribution >= 4 is 11.6 Å². The van der Waals surface area contributed by atoms with Gasteiger partial charge in [0.15, 0.2) is 0 Å². The molecular formula is C12H18O2. The molecule has 78 valence electrons. The van der Waals surface area contributed by atoms with Gasteiger partial charge in [-0.1, -0.05) is 26.2 Å². The van der Waals surface area contributed by atoms with Crippen molar-refractivity contribution in [3.05, 3.63) is 0 Å². The first kappa shape index (κ1) is 12.9. The van der Waals surface area contributed by atoms with Crippen molar-refractivity contribution < 1.29 is 9.59 Å². The average Bonchev–Trinajstić information content (AvgIpc) is 2.21. The van der Waals surface area contributed by atoms with E-state index < -0.39 is 0 Å². The summed E-state index contributed by atoms with van der Waals surface area (Å²) in [5.41, 5.74) is 0. The summed E-state index contributed by atoms with van der Waals surface area (Å²) in [5.74, 6) is 1.89. The Morgan fingerprint density at radius 1 is 1.07 bits per heavy atom. The zero-order valence-electron chi connectivity index (χ0n) is 8.84. The third kappa shape index (κ3) is 7.54. The van der Waals surface area contributed by atoms with E-state index in [2.05, 4.69) is 6.92 Å². The van der Waals surface area contributed by atoms with Crippen molar-refractivity contribution in [2.75, 3.05) is 0 Å². The minimum atomic E-state index is -0.271. The number of ketones is 2. The molecule has 0 atom stereocenters. The molecule has 0 aromatic carbocycles. The molecule has 0 bridgehead atoms. The normalized spacial score (nSPS) is 9.43. The summed E-state index contributed by atoms with van der Waals surface area (Å²) < 4.78 is 0. The Labute approximate surface area is 86.1 Å². The minimum absolute atomic E-state index is 0.157. The smallest absolute Gasteiger partial charge is 0.205 e. The summed E-state index contributed by atoms with van der Waals surface area (Å²) in [7, 11) is 0. The van der Waals surface area contributed by atoms with Crippen molar-refractivity contribution in [3.63, 3.8) is 0 Å². The highest BCUT2D eigenvalue weighted by atomic mass is 16.1. The van der Waals surface area contributed by atoms with E-state index in [0.717, 1.165) is 12.8 Å². The first-order valence-corrected chi connectivity index (χ1v) is 5.21. The number of unbranched alkanes of at least 4 members (excludes halogenated alkanes) is 3. The molecule has 0 rings (SSSR count). The molecule has 0 saturated heterocycles. The van der Waals surface area contributed by atoms with Crippen molar-refractivity contribution in [1.29, 1.82) is 0 Å². The van der Waals surface area contributed by atoms with Crippen LogP contribution in [-0.4, -0.2) is 11.6 Å². The number of hydrogen-bond acceptors (Lipinski definition) is 2. The molecule has 0 aliphatic heterocycles. The lowest BCUT2D eigenvalue weighted by Gasteiger charge is -1.98. The Kier molecular flexibility index (Phi) is 7.83. The topological polar surface area (TPSA) is 34.1 Å². The molecule has 0 fully saturated rings. The van der Waals surface area contributed by atoms with Gasteiger partial charge in [0.1, 0.15) is 5.78 Å². The second-order valence-corrected chi connectivity index (χ2v) is 3.42. The maximum absolute atomic E-state index is 11.2. The minimum Gasteiger partial charge on any atom is -0.300 e. The summed E-state index contributed by atoms with van der Waals surface area (Å²) in [6.07, 6.45) is 10.4. The highest BCUT2D eigenvalue weighted by Gasteiger charge is 2.04. The summed E-state index contributed by atoms with van der Waals surface area (Å²) in [4.78, 5) is 21.9. The molecule has 0 spiro atoms. The van der Waals surface area contributed by atoms with Crippen molar-refractivity contribution in [1.82, 2.24) is 0 Å². The van der Waals surface area contributed by atoms with Crippen LogP contribution in [0.2, 0.25) is 0 Å². The quantitative estimate of drug-likeness (QED) is 0.338. The van der Waals surface area contributed by atoms with Crippen LogP contribution in [0.4, 0.5) is 0 Å². The van der Waals surface area contributed by atoms with Gasteiger partial charge in [-0.15, -0.1) is 6.42 Å². The molecular weight excluding hydrogens is 176 g/mol. The van der Waals surface area contributed by atoms with Crippen LogP contribution < -0.4 is 0 Å². The first-order valence-electron chi connectivity index (χ1n) is 5.21. The van der Waals surface area contributed by atoms with Crippen LogP contribution >= 0.6 is 0 Å². The molecule has 0 heterocycles. The van der Waals surface area contributed by atoms with Gasteiger partial charge in [0.25, 0.3) is 0 Å². The Morgan fingerprint density at radius 2 is 1.79 bits per heavy atom. The number of rotatable bonds is 8.